The number of aliphatic hydroxyl groups is 1. The second-order valence-electron chi connectivity index (χ2n) is 8.70. The van der Waals surface area contributed by atoms with Gasteiger partial charge in [0, 0.05) is 44.0 Å². The molecule has 5 rings (SSSR count). The predicted octanol–water partition coefficient (Wildman–Crippen LogP) is 4.33. The third-order valence-corrected chi connectivity index (χ3v) is 7.41. The van der Waals surface area contributed by atoms with Crippen LogP contribution in [0.4, 0.5) is 4.39 Å². The van der Waals surface area contributed by atoms with Crippen LogP contribution in [0.25, 0.3) is 11.3 Å². The maximum absolute atomic E-state index is 13.6. The average molecular weight is 489 g/mol. The van der Waals surface area contributed by atoms with E-state index in [9.17, 15) is 14.3 Å². The molecule has 2 fully saturated rings. The highest BCUT2D eigenvalue weighted by molar-refractivity contribution is 6.36. The number of aromatic nitrogens is 2. The molecule has 0 radical (unpaired) electrons. The molecular weight excluding hydrogens is 466 g/mol. The molecule has 2 aliphatic rings. The average Bonchev–Trinajstić information content (AvgIpc) is 3.35. The van der Waals surface area contributed by atoms with Crippen LogP contribution in [0.2, 0.25) is 10.0 Å². The van der Waals surface area contributed by atoms with Crippen molar-refractivity contribution < 1.29 is 14.3 Å². The molecule has 2 atom stereocenters. The third-order valence-electron chi connectivity index (χ3n) is 6.71. The fraction of sp³-hybridized carbons (Fsp3) is 0.333. The van der Waals surface area contributed by atoms with Gasteiger partial charge < -0.3 is 10.0 Å². The topological polar surface area (TPSA) is 72.5 Å². The number of carbonyl (C=O) groups excluding carboxylic acids is 1. The van der Waals surface area contributed by atoms with Crippen molar-refractivity contribution in [3.8, 4) is 11.3 Å². The third kappa shape index (κ3) is 4.15. The fourth-order valence-electron chi connectivity index (χ4n) is 4.88. The zero-order chi connectivity index (χ0) is 23.2. The van der Waals surface area contributed by atoms with E-state index in [4.69, 9.17) is 23.2 Å². The largest absolute Gasteiger partial charge is 0.384 e. The summed E-state index contributed by atoms with van der Waals surface area (Å²) >= 11 is 12.5. The first-order valence-corrected chi connectivity index (χ1v) is 11.6. The lowest BCUT2D eigenvalue weighted by Crippen LogP contribution is -2.60. The number of halogens is 3. The number of nitrogens with zero attached hydrogens (tertiary/aromatic N) is 3. The molecule has 0 bridgehead atoms. The monoisotopic (exact) mass is 488 g/mol. The summed E-state index contributed by atoms with van der Waals surface area (Å²) in [5, 5.41) is 18.6. The maximum atomic E-state index is 13.6. The zero-order valence-corrected chi connectivity index (χ0v) is 19.3. The van der Waals surface area contributed by atoms with Crippen molar-refractivity contribution in [2.24, 2.45) is 0 Å². The van der Waals surface area contributed by atoms with E-state index in [2.05, 4.69) is 15.1 Å². The number of fused-ring (bicyclic) bond motifs is 1. The molecule has 6 nitrogen and oxygen atoms in total. The van der Waals surface area contributed by atoms with Crippen molar-refractivity contribution in [2.45, 2.75) is 24.5 Å². The Balaban J connectivity index is 1.31. The fourth-order valence-corrected chi connectivity index (χ4v) is 5.36. The summed E-state index contributed by atoms with van der Waals surface area (Å²) in [5.41, 5.74) is 1.38. The van der Waals surface area contributed by atoms with Crippen molar-refractivity contribution in [2.75, 3.05) is 26.2 Å². The standard InChI is InChI=1S/C24H23Cl2FN4O2/c25-19-12-15(4-5-20(19)27)24(33)8-6-16-13-30(10-11-31(16)14-24)23(32)18-3-1-2-17(22(18)26)21-7-9-28-29-21/h1-5,7,9,12,16,33H,6,8,10-11,13-14H2,(H,28,29)/t16-,24-/m1/s1. The summed E-state index contributed by atoms with van der Waals surface area (Å²) < 4.78 is 13.6. The van der Waals surface area contributed by atoms with Gasteiger partial charge in [-0.25, -0.2) is 4.39 Å². The van der Waals surface area contributed by atoms with E-state index in [-0.39, 0.29) is 17.0 Å². The molecule has 2 N–H and O–H groups in total. The second kappa shape index (κ2) is 8.72. The summed E-state index contributed by atoms with van der Waals surface area (Å²) in [4.78, 5) is 17.4. The molecule has 1 aromatic heterocycles. The van der Waals surface area contributed by atoms with Gasteiger partial charge in [-0.1, -0.05) is 41.4 Å². The van der Waals surface area contributed by atoms with Gasteiger partial charge in [-0.2, -0.15) is 5.10 Å². The van der Waals surface area contributed by atoms with Gasteiger partial charge in [0.1, 0.15) is 11.4 Å². The van der Waals surface area contributed by atoms with Crippen molar-refractivity contribution in [1.29, 1.82) is 0 Å². The summed E-state index contributed by atoms with van der Waals surface area (Å²) in [7, 11) is 0. The minimum atomic E-state index is -1.10. The molecule has 0 aliphatic carbocycles. The minimum Gasteiger partial charge on any atom is -0.384 e. The van der Waals surface area contributed by atoms with Crippen molar-refractivity contribution in [1.82, 2.24) is 20.0 Å². The van der Waals surface area contributed by atoms with E-state index in [0.29, 0.717) is 66.4 Å². The molecule has 3 heterocycles. The lowest BCUT2D eigenvalue weighted by molar-refractivity contribution is -0.0740. The molecule has 0 unspecified atom stereocenters. The van der Waals surface area contributed by atoms with Crippen LogP contribution in [0.15, 0.2) is 48.7 Å². The van der Waals surface area contributed by atoms with Crippen molar-refractivity contribution in [3.63, 3.8) is 0 Å². The Morgan fingerprint density at radius 1 is 1.21 bits per heavy atom. The molecule has 172 valence electrons. The van der Waals surface area contributed by atoms with E-state index >= 15 is 0 Å². The summed E-state index contributed by atoms with van der Waals surface area (Å²) in [5.74, 6) is -0.608. The van der Waals surface area contributed by atoms with Gasteiger partial charge in [-0.3, -0.25) is 14.8 Å². The lowest BCUT2D eigenvalue weighted by atomic mass is 9.82. The van der Waals surface area contributed by atoms with Crippen molar-refractivity contribution in [3.05, 3.63) is 75.7 Å². The Bertz CT molecular complexity index is 1190. The molecule has 2 saturated heterocycles. The van der Waals surface area contributed by atoms with E-state index in [1.165, 1.54) is 12.1 Å². The number of aromatic amines is 1. The van der Waals surface area contributed by atoms with E-state index < -0.39 is 11.4 Å². The molecule has 1 amide bonds. The second-order valence-corrected chi connectivity index (χ2v) is 9.49. The molecule has 0 spiro atoms. The number of hydrogen-bond acceptors (Lipinski definition) is 4. The highest BCUT2D eigenvalue weighted by Gasteiger charge is 2.42. The molecule has 0 saturated carbocycles. The number of amides is 1. The Morgan fingerprint density at radius 3 is 2.82 bits per heavy atom. The van der Waals surface area contributed by atoms with Crippen LogP contribution in [0.1, 0.15) is 28.8 Å². The normalized spacial score (nSPS) is 23.4. The van der Waals surface area contributed by atoms with E-state index in [0.717, 1.165) is 0 Å². The van der Waals surface area contributed by atoms with Crippen LogP contribution in [-0.4, -0.2) is 63.2 Å². The number of piperazine rings is 1. The van der Waals surface area contributed by atoms with Gasteiger partial charge >= 0.3 is 0 Å². The van der Waals surface area contributed by atoms with Crippen LogP contribution < -0.4 is 0 Å². The summed E-state index contributed by atoms with van der Waals surface area (Å²) in [6.07, 6.45) is 2.92. The number of carbonyl (C=O) groups is 1. The van der Waals surface area contributed by atoms with Crippen LogP contribution in [0, 0.1) is 5.82 Å². The molecule has 2 aliphatic heterocycles. The van der Waals surface area contributed by atoms with Crippen LogP contribution in [0.5, 0.6) is 0 Å². The number of hydrogen-bond donors (Lipinski definition) is 2. The van der Waals surface area contributed by atoms with E-state index in [1.54, 1.807) is 18.3 Å². The van der Waals surface area contributed by atoms with Gasteiger partial charge in [-0.15, -0.1) is 0 Å². The maximum Gasteiger partial charge on any atom is 0.255 e. The number of nitrogens with one attached hydrogen (secondary N) is 1. The predicted molar refractivity (Wildman–Crippen MR) is 125 cm³/mol. The Labute approximate surface area is 200 Å². The Kier molecular flexibility index (Phi) is 5.91. The van der Waals surface area contributed by atoms with E-state index in [1.807, 2.05) is 23.1 Å². The van der Waals surface area contributed by atoms with Gasteiger partial charge in [0.2, 0.25) is 0 Å². The number of piperidine rings is 1. The first-order chi connectivity index (χ1) is 15.9. The van der Waals surface area contributed by atoms with Crippen LogP contribution in [-0.2, 0) is 5.60 Å². The van der Waals surface area contributed by atoms with Gasteiger partial charge in [0.05, 0.1) is 21.3 Å². The highest BCUT2D eigenvalue weighted by Crippen LogP contribution is 2.37. The summed E-state index contributed by atoms with van der Waals surface area (Å²) in [6.45, 7) is 2.13. The smallest absolute Gasteiger partial charge is 0.255 e. The first-order valence-electron chi connectivity index (χ1n) is 10.9. The first kappa shape index (κ1) is 22.3. The molecule has 33 heavy (non-hydrogen) atoms. The van der Waals surface area contributed by atoms with Crippen molar-refractivity contribution >= 4 is 29.1 Å². The Morgan fingerprint density at radius 2 is 2.06 bits per heavy atom. The quantitative estimate of drug-likeness (QED) is 0.575. The minimum absolute atomic E-state index is 0.00686. The lowest BCUT2D eigenvalue weighted by Gasteiger charge is -2.49. The molecule has 3 aromatic rings. The Hall–Kier alpha value is -2.45. The molecule has 9 heteroatoms. The van der Waals surface area contributed by atoms with Gasteiger partial charge in [0.25, 0.3) is 5.91 Å². The molecular formula is C24H23Cl2FN4O2. The number of H-pyrrole nitrogens is 1. The number of rotatable bonds is 3. The van der Waals surface area contributed by atoms with Crippen LogP contribution >= 0.6 is 23.2 Å². The van der Waals surface area contributed by atoms with Crippen LogP contribution in [0.3, 0.4) is 0 Å². The summed E-state index contributed by atoms with van der Waals surface area (Å²) in [6, 6.07) is 11.7. The SMILES string of the molecule is O=C(c1cccc(-c2cc[nH]n2)c1Cl)N1CCN2C[C@@](O)(c3ccc(F)c(Cl)c3)CC[C@@H]2C1. The van der Waals surface area contributed by atoms with Gasteiger partial charge in [0.15, 0.2) is 0 Å². The highest BCUT2D eigenvalue weighted by atomic mass is 35.5. The zero-order valence-electron chi connectivity index (χ0n) is 17.8. The van der Waals surface area contributed by atoms with Gasteiger partial charge in [-0.05, 0) is 42.7 Å². The molecule has 2 aromatic carbocycles. The number of benzene rings is 2.